The number of hydrogen-bond donors (Lipinski definition) is 1. The molecule has 0 aromatic heterocycles. The maximum atomic E-state index is 6.21. The monoisotopic (exact) mass is 365 g/mol. The number of nitrogens with one attached hydrogen (secondary N) is 1. The molecule has 1 unspecified atom stereocenters. The lowest BCUT2D eigenvalue weighted by atomic mass is 9.82. The van der Waals surface area contributed by atoms with Gasteiger partial charge in [0.25, 0.3) is 0 Å². The molecule has 17 heavy (non-hydrogen) atoms. The predicted molar refractivity (Wildman–Crippen MR) is 84.7 cm³/mol. The molecular weight excluding hydrogens is 345 g/mol. The Labute approximate surface area is 123 Å². The summed E-state index contributed by atoms with van der Waals surface area (Å²) in [5.41, 5.74) is 1.46. The Morgan fingerprint density at radius 2 is 2.00 bits per heavy atom. The smallest absolute Gasteiger partial charge is 0.0542 e. The van der Waals surface area contributed by atoms with Gasteiger partial charge in [0.05, 0.1) is 5.02 Å². The van der Waals surface area contributed by atoms with E-state index in [1.165, 1.54) is 5.56 Å². The van der Waals surface area contributed by atoms with Crippen molar-refractivity contribution in [2.45, 2.75) is 40.2 Å². The molecule has 0 saturated heterocycles. The first-order valence-corrected chi connectivity index (χ1v) is 7.50. The average Bonchev–Trinajstić information content (AvgIpc) is 2.22. The van der Waals surface area contributed by atoms with E-state index < -0.39 is 0 Å². The lowest BCUT2D eigenvalue weighted by Gasteiger charge is -2.32. The first-order chi connectivity index (χ1) is 7.86. The van der Waals surface area contributed by atoms with E-state index in [2.05, 4.69) is 73.8 Å². The molecule has 1 N–H and O–H groups in total. The van der Waals surface area contributed by atoms with Crippen molar-refractivity contribution in [1.29, 1.82) is 0 Å². The van der Waals surface area contributed by atoms with Crippen molar-refractivity contribution in [1.82, 2.24) is 5.32 Å². The van der Waals surface area contributed by atoms with Crippen molar-refractivity contribution in [2.24, 2.45) is 5.41 Å². The topological polar surface area (TPSA) is 12.0 Å². The second-order valence-corrected chi connectivity index (χ2v) is 7.00. The molecule has 0 aliphatic heterocycles. The van der Waals surface area contributed by atoms with Crippen molar-refractivity contribution >= 4 is 34.2 Å². The number of halogens is 2. The number of hydrogen-bond acceptors (Lipinski definition) is 1. The lowest BCUT2D eigenvalue weighted by Crippen LogP contribution is -2.32. The summed E-state index contributed by atoms with van der Waals surface area (Å²) in [4.78, 5) is 0. The SMILES string of the molecule is CCCNC(c1ccc(I)c(Cl)c1)C(C)(C)C. The van der Waals surface area contributed by atoms with Crippen LogP contribution in [-0.2, 0) is 0 Å². The van der Waals surface area contributed by atoms with E-state index in [0.717, 1.165) is 21.6 Å². The van der Waals surface area contributed by atoms with Gasteiger partial charge >= 0.3 is 0 Å². The van der Waals surface area contributed by atoms with E-state index in [-0.39, 0.29) is 5.41 Å². The molecule has 1 atom stereocenters. The zero-order valence-corrected chi connectivity index (χ0v) is 13.9. The van der Waals surface area contributed by atoms with E-state index in [9.17, 15) is 0 Å². The molecule has 0 bridgehead atoms. The highest BCUT2D eigenvalue weighted by molar-refractivity contribution is 14.1. The third-order valence-corrected chi connectivity index (χ3v) is 4.31. The molecule has 1 rings (SSSR count). The fourth-order valence-corrected chi connectivity index (χ4v) is 2.43. The quantitative estimate of drug-likeness (QED) is 0.738. The predicted octanol–water partition coefficient (Wildman–Crippen LogP) is 5.03. The minimum Gasteiger partial charge on any atom is -0.309 e. The first kappa shape index (κ1) is 15.3. The zero-order valence-electron chi connectivity index (χ0n) is 11.0. The van der Waals surface area contributed by atoms with Crippen molar-refractivity contribution in [3.05, 3.63) is 32.4 Å². The maximum Gasteiger partial charge on any atom is 0.0542 e. The molecule has 3 heteroatoms. The molecule has 0 heterocycles. The van der Waals surface area contributed by atoms with Gasteiger partial charge in [-0.25, -0.2) is 0 Å². The summed E-state index contributed by atoms with van der Waals surface area (Å²) in [5, 5.41) is 4.45. The second kappa shape index (κ2) is 6.39. The van der Waals surface area contributed by atoms with Crippen molar-refractivity contribution < 1.29 is 0 Å². The van der Waals surface area contributed by atoms with Crippen molar-refractivity contribution in [3.63, 3.8) is 0 Å². The molecule has 1 aromatic rings. The molecule has 0 aliphatic carbocycles. The van der Waals surface area contributed by atoms with Gasteiger partial charge < -0.3 is 5.32 Å². The van der Waals surface area contributed by atoms with Gasteiger partial charge in [-0.1, -0.05) is 45.4 Å². The van der Waals surface area contributed by atoms with Crippen LogP contribution in [0.5, 0.6) is 0 Å². The van der Waals surface area contributed by atoms with Gasteiger partial charge in [-0.05, 0) is 58.7 Å². The molecule has 0 amide bonds. The molecular formula is C14H21ClIN. The number of rotatable bonds is 4. The van der Waals surface area contributed by atoms with E-state index in [4.69, 9.17) is 11.6 Å². The normalized spacial score (nSPS) is 13.8. The Kier molecular flexibility index (Phi) is 5.74. The second-order valence-electron chi connectivity index (χ2n) is 5.43. The van der Waals surface area contributed by atoms with Gasteiger partial charge in [-0.2, -0.15) is 0 Å². The Bertz CT molecular complexity index is 371. The Morgan fingerprint density at radius 3 is 2.47 bits per heavy atom. The van der Waals surface area contributed by atoms with Gasteiger partial charge in [0.2, 0.25) is 0 Å². The summed E-state index contributed by atoms with van der Waals surface area (Å²) in [6.45, 7) is 9.99. The van der Waals surface area contributed by atoms with Crippen molar-refractivity contribution in [3.8, 4) is 0 Å². The van der Waals surface area contributed by atoms with Gasteiger partial charge in [-0.15, -0.1) is 0 Å². The minimum atomic E-state index is 0.186. The highest BCUT2D eigenvalue weighted by Gasteiger charge is 2.25. The Morgan fingerprint density at radius 1 is 1.35 bits per heavy atom. The molecule has 0 aliphatic rings. The largest absolute Gasteiger partial charge is 0.309 e. The van der Waals surface area contributed by atoms with Crippen LogP contribution >= 0.6 is 34.2 Å². The zero-order chi connectivity index (χ0) is 13.1. The molecule has 1 nitrogen and oxygen atoms in total. The van der Waals surface area contributed by atoms with Crippen LogP contribution in [0.25, 0.3) is 0 Å². The van der Waals surface area contributed by atoms with Crippen molar-refractivity contribution in [2.75, 3.05) is 6.54 Å². The van der Waals surface area contributed by atoms with E-state index >= 15 is 0 Å². The van der Waals surface area contributed by atoms with E-state index in [0.29, 0.717) is 6.04 Å². The van der Waals surface area contributed by atoms with E-state index in [1.807, 2.05) is 0 Å². The third kappa shape index (κ3) is 4.42. The van der Waals surface area contributed by atoms with Gasteiger partial charge in [0, 0.05) is 9.61 Å². The van der Waals surface area contributed by atoms with E-state index in [1.54, 1.807) is 0 Å². The molecule has 96 valence electrons. The van der Waals surface area contributed by atoms with Gasteiger partial charge in [-0.3, -0.25) is 0 Å². The summed E-state index contributed by atoms with van der Waals surface area (Å²) in [6.07, 6.45) is 1.14. The van der Waals surface area contributed by atoms with Gasteiger partial charge in [0.15, 0.2) is 0 Å². The third-order valence-electron chi connectivity index (χ3n) is 2.74. The summed E-state index contributed by atoms with van der Waals surface area (Å²) >= 11 is 8.47. The first-order valence-electron chi connectivity index (χ1n) is 6.04. The summed E-state index contributed by atoms with van der Waals surface area (Å²) in [5.74, 6) is 0. The van der Waals surface area contributed by atoms with Crippen LogP contribution in [0.15, 0.2) is 18.2 Å². The Balaban J connectivity index is 3.00. The van der Waals surface area contributed by atoms with Gasteiger partial charge in [0.1, 0.15) is 0 Å². The molecule has 0 spiro atoms. The molecule has 0 fully saturated rings. The minimum absolute atomic E-state index is 0.186. The summed E-state index contributed by atoms with van der Waals surface area (Å²) < 4.78 is 1.11. The maximum absolute atomic E-state index is 6.21. The highest BCUT2D eigenvalue weighted by Crippen LogP contribution is 2.34. The summed E-state index contributed by atoms with van der Waals surface area (Å²) in [6, 6.07) is 6.69. The highest BCUT2D eigenvalue weighted by atomic mass is 127. The summed E-state index contributed by atoms with van der Waals surface area (Å²) in [7, 11) is 0. The van der Waals surface area contributed by atoms with Crippen LogP contribution in [0, 0.1) is 8.99 Å². The standard InChI is InChI=1S/C14H21ClIN/c1-5-8-17-13(14(2,3)4)10-6-7-12(16)11(15)9-10/h6-7,9,13,17H,5,8H2,1-4H3. The van der Waals surface area contributed by atoms with Crippen LogP contribution in [0.1, 0.15) is 45.7 Å². The van der Waals surface area contributed by atoms with Crippen LogP contribution < -0.4 is 5.32 Å². The molecule has 1 aromatic carbocycles. The average molecular weight is 366 g/mol. The Hall–Kier alpha value is 0.200. The van der Waals surface area contributed by atoms with Crippen LogP contribution in [-0.4, -0.2) is 6.54 Å². The molecule has 0 radical (unpaired) electrons. The fraction of sp³-hybridized carbons (Fsp3) is 0.571. The van der Waals surface area contributed by atoms with Crippen LogP contribution in [0.2, 0.25) is 5.02 Å². The lowest BCUT2D eigenvalue weighted by molar-refractivity contribution is 0.273. The fourth-order valence-electron chi connectivity index (χ4n) is 1.90. The van der Waals surface area contributed by atoms with Crippen LogP contribution in [0.4, 0.5) is 0 Å². The number of benzene rings is 1. The van der Waals surface area contributed by atoms with Crippen LogP contribution in [0.3, 0.4) is 0 Å². The molecule has 0 saturated carbocycles.